The summed E-state index contributed by atoms with van der Waals surface area (Å²) in [6, 6.07) is 7.42. The molecule has 3 N–H and O–H groups in total. The molecule has 0 unspecified atom stereocenters. The summed E-state index contributed by atoms with van der Waals surface area (Å²) >= 11 is 3.48. The van der Waals surface area contributed by atoms with Crippen molar-refractivity contribution in [3.63, 3.8) is 0 Å². The maximum absolute atomic E-state index is 13.3. The molecule has 0 radical (unpaired) electrons. The number of aromatic nitrogens is 4. The Balaban J connectivity index is 1.25. The van der Waals surface area contributed by atoms with Crippen molar-refractivity contribution in [2.45, 2.75) is 43.5 Å². The highest BCUT2D eigenvalue weighted by molar-refractivity contribution is 9.10. The van der Waals surface area contributed by atoms with Crippen LogP contribution in [0.25, 0.3) is 11.2 Å². The number of nitrogens with two attached hydrogens (primary N) is 1. The molecule has 3 aromatic rings. The van der Waals surface area contributed by atoms with Crippen LogP contribution in [0.5, 0.6) is 0 Å². The second-order valence-electron chi connectivity index (χ2n) is 8.86. The summed E-state index contributed by atoms with van der Waals surface area (Å²) in [6.07, 6.45) is -2.58. The van der Waals surface area contributed by atoms with Crippen LogP contribution >= 0.6 is 23.8 Å². The normalized spacial score (nSPS) is 33.3. The van der Waals surface area contributed by atoms with Crippen molar-refractivity contribution in [1.29, 1.82) is 0 Å². The number of nitrogens with zero attached hydrogens (tertiary/aromatic N) is 3. The van der Waals surface area contributed by atoms with E-state index in [1.165, 1.54) is 10.9 Å². The second kappa shape index (κ2) is 8.89. The molecule has 6 atom stereocenters. The molecule has 5 heterocycles. The van der Waals surface area contributed by atoms with Crippen molar-refractivity contribution in [2.24, 2.45) is 0 Å². The van der Waals surface area contributed by atoms with Crippen molar-refractivity contribution < 1.29 is 37.1 Å². The van der Waals surface area contributed by atoms with E-state index in [1.807, 2.05) is 24.3 Å². The minimum atomic E-state index is -3.99. The van der Waals surface area contributed by atoms with Crippen LogP contribution in [-0.4, -0.2) is 56.7 Å². The fraction of sp³-hybridized carbons (Fsp3) is 0.429. The van der Waals surface area contributed by atoms with Gasteiger partial charge in [-0.25, -0.2) is 14.3 Å². The van der Waals surface area contributed by atoms with Crippen molar-refractivity contribution in [1.82, 2.24) is 19.5 Å². The molecule has 37 heavy (non-hydrogen) atoms. The number of aromatic amines is 1. The van der Waals surface area contributed by atoms with Gasteiger partial charge in [0.2, 0.25) is 5.95 Å². The number of hydrogen-bond donors (Lipinski definition) is 2. The number of rotatable bonds is 5. The van der Waals surface area contributed by atoms with Gasteiger partial charge in [0.1, 0.15) is 12.4 Å². The molecule has 14 nitrogen and oxygen atoms in total. The van der Waals surface area contributed by atoms with Gasteiger partial charge >= 0.3 is 14.0 Å². The van der Waals surface area contributed by atoms with E-state index in [1.54, 1.807) is 6.92 Å². The van der Waals surface area contributed by atoms with Crippen molar-refractivity contribution in [3.05, 3.63) is 51.0 Å². The number of carbonyl (C=O) groups is 1. The maximum atomic E-state index is 13.3. The number of hydrogen-bond acceptors (Lipinski definition) is 12. The number of carbonyl (C=O) groups excluding carboxylic acids is 1. The third kappa shape index (κ3) is 4.15. The molecule has 0 saturated carbocycles. The maximum Gasteiger partial charge on any atom is 0.509 e. The van der Waals surface area contributed by atoms with Crippen LogP contribution < -0.4 is 11.3 Å². The van der Waals surface area contributed by atoms with Crippen molar-refractivity contribution in [3.8, 4) is 0 Å². The highest BCUT2D eigenvalue weighted by atomic mass is 79.9. The number of halogens is 1. The van der Waals surface area contributed by atoms with E-state index in [0.29, 0.717) is 6.42 Å². The Morgan fingerprint density at radius 2 is 2.16 bits per heavy atom. The molecular weight excluding hydrogens is 577 g/mol. The zero-order valence-corrected chi connectivity index (χ0v) is 21.7. The number of H-pyrrole nitrogens is 1. The summed E-state index contributed by atoms with van der Waals surface area (Å²) in [5.74, 6) is -0.0980. The summed E-state index contributed by atoms with van der Waals surface area (Å²) in [5, 5.41) is 0. The molecular formula is C21H21BrN5O9P. The molecule has 2 aromatic heterocycles. The molecule has 0 amide bonds. The number of fused-ring (bicyclic) bond motifs is 2. The number of benzene rings is 1. The third-order valence-electron chi connectivity index (χ3n) is 6.47. The molecule has 0 bridgehead atoms. The van der Waals surface area contributed by atoms with Crippen LogP contribution in [0.4, 0.5) is 10.7 Å². The highest BCUT2D eigenvalue weighted by Crippen LogP contribution is 2.58. The zero-order chi connectivity index (χ0) is 25.9. The van der Waals surface area contributed by atoms with E-state index >= 15 is 0 Å². The van der Waals surface area contributed by atoms with Crippen LogP contribution in [0.2, 0.25) is 0 Å². The number of anilines is 1. The Kier molecular flexibility index (Phi) is 5.89. The summed E-state index contributed by atoms with van der Waals surface area (Å²) in [4.78, 5) is 35.3. The standard InChI is InChI=1S/C21H21BrN5O9P/c1-21-15(34-20(29)35-21)13(33-18(21)27-9-24-16-14(27)17(28)26-19(23)25-16)8-32-37(30)31-7-6-12(36-37)10-4-2-3-5-11(10)22/h2-5,9,12-13,15,18H,6-8H2,1H3,(H3,23,25,26,28)/t12-,13-,15-,18-,21-,37+/m1/s1. The first-order valence-electron chi connectivity index (χ1n) is 11.3. The smallest absolute Gasteiger partial charge is 0.424 e. The summed E-state index contributed by atoms with van der Waals surface area (Å²) in [5.41, 5.74) is 4.64. The van der Waals surface area contributed by atoms with E-state index in [-0.39, 0.29) is 30.3 Å². The van der Waals surface area contributed by atoms with E-state index in [2.05, 4.69) is 30.9 Å². The van der Waals surface area contributed by atoms with Gasteiger partial charge in [-0.05, 0) is 18.6 Å². The Labute approximate surface area is 217 Å². The highest BCUT2D eigenvalue weighted by Gasteiger charge is 2.64. The summed E-state index contributed by atoms with van der Waals surface area (Å²) < 4.78 is 49.2. The Bertz CT molecular complexity index is 1500. The van der Waals surface area contributed by atoms with Gasteiger partial charge in [0.25, 0.3) is 5.56 Å². The lowest BCUT2D eigenvalue weighted by Crippen LogP contribution is -2.42. The van der Waals surface area contributed by atoms with Gasteiger partial charge in [0.15, 0.2) is 29.1 Å². The van der Waals surface area contributed by atoms with Crippen LogP contribution in [0, 0.1) is 0 Å². The van der Waals surface area contributed by atoms with Gasteiger partial charge in [0, 0.05) is 10.9 Å². The predicted molar refractivity (Wildman–Crippen MR) is 128 cm³/mol. The van der Waals surface area contributed by atoms with Crippen molar-refractivity contribution >= 4 is 47.0 Å². The fourth-order valence-corrected chi connectivity index (χ4v) is 6.72. The first kappa shape index (κ1) is 24.5. The molecule has 3 aliphatic heterocycles. The Morgan fingerprint density at radius 3 is 2.97 bits per heavy atom. The molecule has 3 fully saturated rings. The largest absolute Gasteiger partial charge is 0.509 e. The molecule has 16 heteroatoms. The topological polar surface area (TPSA) is 179 Å². The third-order valence-corrected chi connectivity index (χ3v) is 8.67. The summed E-state index contributed by atoms with van der Waals surface area (Å²) in [6.45, 7) is 1.43. The number of nitrogens with one attached hydrogen (secondary N) is 1. The molecule has 0 spiro atoms. The van der Waals surface area contributed by atoms with Crippen LogP contribution in [-0.2, 0) is 32.3 Å². The van der Waals surface area contributed by atoms with Gasteiger partial charge in [-0.2, -0.15) is 4.98 Å². The number of nitrogen functional groups attached to an aromatic ring is 1. The first-order chi connectivity index (χ1) is 17.7. The number of phosphoric ester groups is 1. The monoisotopic (exact) mass is 597 g/mol. The number of ether oxygens (including phenoxy) is 3. The average Bonchev–Trinajstić information content (AvgIpc) is 3.47. The van der Waals surface area contributed by atoms with E-state index < -0.39 is 49.7 Å². The lowest BCUT2D eigenvalue weighted by Gasteiger charge is -2.30. The van der Waals surface area contributed by atoms with Crippen molar-refractivity contribution in [2.75, 3.05) is 18.9 Å². The molecule has 6 rings (SSSR count). The van der Waals surface area contributed by atoms with E-state index in [9.17, 15) is 14.2 Å². The molecule has 3 aliphatic rings. The quantitative estimate of drug-likeness (QED) is 0.325. The van der Waals surface area contributed by atoms with Gasteiger partial charge in [-0.3, -0.25) is 27.9 Å². The average molecular weight is 598 g/mol. The lowest BCUT2D eigenvalue weighted by atomic mass is 9.96. The minimum absolute atomic E-state index is 0.0618. The fourth-order valence-electron chi connectivity index (χ4n) is 4.80. The van der Waals surface area contributed by atoms with Gasteiger partial charge in [0.05, 0.1) is 19.3 Å². The van der Waals surface area contributed by atoms with Gasteiger partial charge in [-0.1, -0.05) is 34.1 Å². The van der Waals surface area contributed by atoms with Crippen LogP contribution in [0.15, 0.2) is 39.9 Å². The Morgan fingerprint density at radius 1 is 1.35 bits per heavy atom. The zero-order valence-electron chi connectivity index (χ0n) is 19.2. The predicted octanol–water partition coefficient (Wildman–Crippen LogP) is 2.96. The number of imidazole rings is 1. The van der Waals surface area contributed by atoms with Crippen LogP contribution in [0.1, 0.15) is 31.2 Å². The first-order valence-corrected chi connectivity index (χ1v) is 13.5. The Hall–Kier alpha value is -2.81. The van der Waals surface area contributed by atoms with E-state index in [0.717, 1.165) is 10.0 Å². The lowest BCUT2D eigenvalue weighted by molar-refractivity contribution is -0.0924. The molecule has 3 saturated heterocycles. The SMILES string of the molecule is C[C@@]12OC(=O)O[C@@H]1[C@@H](CO[P@]1(=O)OCC[C@H](c3ccccc3Br)O1)O[C@H]2n1cnc2nc(N)[nH]c(=O)c21. The second-order valence-corrected chi connectivity index (χ2v) is 11.3. The van der Waals surface area contributed by atoms with Gasteiger partial charge in [-0.15, -0.1) is 0 Å². The van der Waals surface area contributed by atoms with E-state index in [4.69, 9.17) is 33.5 Å². The van der Waals surface area contributed by atoms with Gasteiger partial charge < -0.3 is 19.9 Å². The number of phosphoric acid groups is 1. The summed E-state index contributed by atoms with van der Waals surface area (Å²) in [7, 11) is -3.99. The molecule has 196 valence electrons. The molecule has 1 aromatic carbocycles. The molecule has 0 aliphatic carbocycles. The minimum Gasteiger partial charge on any atom is -0.424 e. The van der Waals surface area contributed by atoms with Crippen LogP contribution in [0.3, 0.4) is 0 Å².